The summed E-state index contributed by atoms with van der Waals surface area (Å²) in [5.74, 6) is 0.500. The zero-order valence-electron chi connectivity index (χ0n) is 14.7. The molecule has 2 saturated heterocycles. The molecule has 3 heterocycles. The zero-order valence-corrected chi connectivity index (χ0v) is 14.7. The number of anilines is 1. The number of rotatable bonds is 3. The SMILES string of the molecule is C[C@]12C=C[C@@H]3[C@@H](Oc4ccccc4)C(=O)N3[C@H]1N(c1ccccc1)C(=O)O2. The average Bonchev–Trinajstić information content (AvgIpc) is 2.96. The third-order valence-corrected chi connectivity index (χ3v) is 5.32. The lowest BCUT2D eigenvalue weighted by molar-refractivity contribution is -0.169. The predicted octanol–water partition coefficient (Wildman–Crippen LogP) is 2.96. The van der Waals surface area contributed by atoms with Gasteiger partial charge in [0.1, 0.15) is 5.75 Å². The minimum absolute atomic E-state index is 0.149. The lowest BCUT2D eigenvalue weighted by Crippen LogP contribution is -2.75. The van der Waals surface area contributed by atoms with Crippen LogP contribution in [0.3, 0.4) is 0 Å². The minimum atomic E-state index is -0.892. The Hall–Kier alpha value is -3.28. The summed E-state index contributed by atoms with van der Waals surface area (Å²) >= 11 is 0. The van der Waals surface area contributed by atoms with Crippen LogP contribution in [0, 0.1) is 0 Å². The van der Waals surface area contributed by atoms with Crippen LogP contribution < -0.4 is 9.64 Å². The summed E-state index contributed by atoms with van der Waals surface area (Å²) in [6.07, 6.45) is 2.17. The lowest BCUT2D eigenvalue weighted by atomic mass is 9.84. The molecule has 27 heavy (non-hydrogen) atoms. The van der Waals surface area contributed by atoms with Crippen molar-refractivity contribution in [2.45, 2.75) is 30.8 Å². The second-order valence-electron chi connectivity index (χ2n) is 7.08. The molecule has 2 amide bonds. The van der Waals surface area contributed by atoms with Gasteiger partial charge in [0, 0.05) is 5.69 Å². The van der Waals surface area contributed by atoms with Crippen molar-refractivity contribution in [3.8, 4) is 5.75 Å². The highest BCUT2D eigenvalue weighted by molar-refractivity contribution is 5.96. The topological polar surface area (TPSA) is 59.1 Å². The molecule has 0 aliphatic carbocycles. The fourth-order valence-electron chi connectivity index (χ4n) is 4.04. The first-order valence-corrected chi connectivity index (χ1v) is 8.89. The molecule has 4 atom stereocenters. The van der Waals surface area contributed by atoms with Gasteiger partial charge in [0.25, 0.3) is 5.91 Å². The van der Waals surface area contributed by atoms with E-state index < -0.39 is 24.0 Å². The van der Waals surface area contributed by atoms with Gasteiger partial charge in [-0.25, -0.2) is 4.79 Å². The van der Waals surface area contributed by atoms with Crippen LogP contribution in [-0.2, 0) is 9.53 Å². The molecule has 5 rings (SSSR count). The van der Waals surface area contributed by atoms with Gasteiger partial charge in [0.15, 0.2) is 11.8 Å². The summed E-state index contributed by atoms with van der Waals surface area (Å²) in [6, 6.07) is 18.3. The Morgan fingerprint density at radius 2 is 1.67 bits per heavy atom. The van der Waals surface area contributed by atoms with Gasteiger partial charge in [-0.15, -0.1) is 0 Å². The molecule has 3 aliphatic heterocycles. The number of carbonyl (C=O) groups excluding carboxylic acids is 2. The van der Waals surface area contributed by atoms with Crippen LogP contribution in [0.2, 0.25) is 0 Å². The summed E-state index contributed by atoms with van der Waals surface area (Å²) in [4.78, 5) is 28.8. The highest BCUT2D eigenvalue weighted by Crippen LogP contribution is 2.45. The third kappa shape index (κ3) is 2.26. The smallest absolute Gasteiger partial charge is 0.417 e. The van der Waals surface area contributed by atoms with Gasteiger partial charge in [-0.1, -0.05) is 42.5 Å². The van der Waals surface area contributed by atoms with Gasteiger partial charge >= 0.3 is 6.09 Å². The van der Waals surface area contributed by atoms with Crippen LogP contribution in [0.15, 0.2) is 72.8 Å². The molecule has 0 N–H and O–H groups in total. The van der Waals surface area contributed by atoms with Crippen LogP contribution in [-0.4, -0.2) is 40.8 Å². The van der Waals surface area contributed by atoms with E-state index in [9.17, 15) is 9.59 Å². The number of hydrogen-bond acceptors (Lipinski definition) is 4. The molecule has 0 spiro atoms. The number of benzene rings is 2. The molecular formula is C21H18N2O4. The molecule has 2 aromatic carbocycles. The van der Waals surface area contributed by atoms with E-state index in [1.165, 1.54) is 0 Å². The Kier molecular flexibility index (Phi) is 3.31. The minimum Gasteiger partial charge on any atom is -0.478 e. The quantitative estimate of drug-likeness (QED) is 0.622. The molecule has 136 valence electrons. The Morgan fingerprint density at radius 1 is 1.00 bits per heavy atom. The zero-order chi connectivity index (χ0) is 18.6. The number of fused-ring (bicyclic) bond motifs is 3. The predicted molar refractivity (Wildman–Crippen MR) is 98.2 cm³/mol. The first-order chi connectivity index (χ1) is 13.1. The monoisotopic (exact) mass is 362 g/mol. The van der Waals surface area contributed by atoms with Crippen molar-refractivity contribution in [2.75, 3.05) is 4.90 Å². The van der Waals surface area contributed by atoms with E-state index in [4.69, 9.17) is 9.47 Å². The van der Waals surface area contributed by atoms with Crippen LogP contribution in [0.1, 0.15) is 6.92 Å². The summed E-state index contributed by atoms with van der Waals surface area (Å²) in [5, 5.41) is 0. The van der Waals surface area contributed by atoms with E-state index >= 15 is 0 Å². The van der Waals surface area contributed by atoms with Crippen molar-refractivity contribution in [3.63, 3.8) is 0 Å². The van der Waals surface area contributed by atoms with Crippen LogP contribution in [0.5, 0.6) is 5.75 Å². The first kappa shape index (κ1) is 15.9. The molecule has 3 aliphatic rings. The summed E-state index contributed by atoms with van der Waals surface area (Å²) in [7, 11) is 0. The van der Waals surface area contributed by atoms with Gasteiger partial charge in [-0.05, 0) is 37.3 Å². The number of ether oxygens (including phenoxy) is 2. The number of nitrogens with zero attached hydrogens (tertiary/aromatic N) is 2. The van der Waals surface area contributed by atoms with Crippen LogP contribution in [0.25, 0.3) is 0 Å². The van der Waals surface area contributed by atoms with Crippen molar-refractivity contribution >= 4 is 17.7 Å². The number of hydrogen-bond donors (Lipinski definition) is 0. The largest absolute Gasteiger partial charge is 0.478 e. The second kappa shape index (κ2) is 5.61. The maximum absolute atomic E-state index is 12.9. The standard InChI is InChI=1S/C21H18N2O4/c1-21-13-12-16-17(26-15-10-6-3-7-11-15)18(24)23(16)19(21)22(20(25)27-21)14-8-4-2-5-9-14/h2-13,16-17,19H,1H3/t16-,17-,19-,21+/m1/s1. The fraction of sp³-hybridized carbons (Fsp3) is 0.238. The maximum Gasteiger partial charge on any atom is 0.417 e. The highest BCUT2D eigenvalue weighted by Gasteiger charge is 2.64. The molecule has 6 nitrogen and oxygen atoms in total. The van der Waals surface area contributed by atoms with Crippen molar-refractivity contribution in [3.05, 3.63) is 72.8 Å². The molecule has 0 saturated carbocycles. The Bertz CT molecular complexity index is 930. The second-order valence-corrected chi connectivity index (χ2v) is 7.08. The van der Waals surface area contributed by atoms with Crippen molar-refractivity contribution in [2.24, 2.45) is 0 Å². The molecule has 0 bridgehead atoms. The fourth-order valence-corrected chi connectivity index (χ4v) is 4.04. The molecule has 0 aromatic heterocycles. The van der Waals surface area contributed by atoms with Gasteiger partial charge in [-0.2, -0.15) is 0 Å². The molecule has 0 radical (unpaired) electrons. The number of carbonyl (C=O) groups is 2. The van der Waals surface area contributed by atoms with Crippen LogP contribution >= 0.6 is 0 Å². The van der Waals surface area contributed by atoms with E-state index in [-0.39, 0.29) is 11.9 Å². The first-order valence-electron chi connectivity index (χ1n) is 8.89. The molecule has 0 unspecified atom stereocenters. The van der Waals surface area contributed by atoms with Crippen molar-refractivity contribution in [1.29, 1.82) is 0 Å². The summed E-state index contributed by atoms with van der Waals surface area (Å²) < 4.78 is 11.5. The van der Waals surface area contributed by atoms with E-state index in [2.05, 4.69) is 0 Å². The number of β-lactam (4-membered cyclic amide) rings is 1. The van der Waals surface area contributed by atoms with E-state index in [0.29, 0.717) is 11.4 Å². The Morgan fingerprint density at radius 3 is 2.37 bits per heavy atom. The number of amides is 2. The molecular weight excluding hydrogens is 344 g/mol. The molecule has 2 fully saturated rings. The summed E-state index contributed by atoms with van der Waals surface area (Å²) in [6.45, 7) is 1.82. The maximum atomic E-state index is 12.9. The van der Waals surface area contributed by atoms with Crippen LogP contribution in [0.4, 0.5) is 10.5 Å². The van der Waals surface area contributed by atoms with Crippen molar-refractivity contribution < 1.29 is 19.1 Å². The highest BCUT2D eigenvalue weighted by atomic mass is 16.6. The van der Waals surface area contributed by atoms with E-state index in [1.54, 1.807) is 9.80 Å². The lowest BCUT2D eigenvalue weighted by Gasteiger charge is -2.53. The average molecular weight is 362 g/mol. The third-order valence-electron chi connectivity index (χ3n) is 5.32. The molecule has 6 heteroatoms. The molecule has 2 aromatic rings. The van der Waals surface area contributed by atoms with E-state index in [0.717, 1.165) is 0 Å². The van der Waals surface area contributed by atoms with Gasteiger partial charge in [-0.3, -0.25) is 9.69 Å². The van der Waals surface area contributed by atoms with Gasteiger partial charge < -0.3 is 14.4 Å². The Labute approximate surface area is 156 Å². The summed E-state index contributed by atoms with van der Waals surface area (Å²) in [5.41, 5.74) is -0.193. The number of para-hydroxylation sites is 2. The normalized spacial score (nSPS) is 31.1. The van der Waals surface area contributed by atoms with E-state index in [1.807, 2.05) is 79.7 Å². The van der Waals surface area contributed by atoms with Crippen molar-refractivity contribution in [1.82, 2.24) is 4.90 Å². The Balaban J connectivity index is 1.48. The van der Waals surface area contributed by atoms with Gasteiger partial charge in [0.05, 0.1) is 6.04 Å². The van der Waals surface area contributed by atoms with Gasteiger partial charge in [0.2, 0.25) is 6.10 Å².